The first-order chi connectivity index (χ1) is 19.9. The van der Waals surface area contributed by atoms with E-state index in [0.717, 1.165) is 36.2 Å². The zero-order valence-corrected chi connectivity index (χ0v) is 24.4. The maximum absolute atomic E-state index is 6.98. The number of allylic oxidation sites excluding steroid dienone is 1. The largest absolute Gasteiger partial charge is 0.480 e. The van der Waals surface area contributed by atoms with Crippen LogP contribution < -0.4 is 25.8 Å². The van der Waals surface area contributed by atoms with E-state index in [1.165, 1.54) is 7.11 Å². The number of aromatic nitrogens is 4. The summed E-state index contributed by atoms with van der Waals surface area (Å²) in [4.78, 5) is 18.3. The Bertz CT molecular complexity index is 1580. The Labute approximate surface area is 249 Å². The van der Waals surface area contributed by atoms with Gasteiger partial charge in [-0.15, -0.1) is 0 Å². The van der Waals surface area contributed by atoms with E-state index in [0.29, 0.717) is 68.3 Å². The molecule has 0 radical (unpaired) electrons. The van der Waals surface area contributed by atoms with Crippen molar-refractivity contribution < 1.29 is 9.47 Å². The Morgan fingerprint density at radius 1 is 0.902 bits per heavy atom. The van der Waals surface area contributed by atoms with Gasteiger partial charge in [0.25, 0.3) is 0 Å². The van der Waals surface area contributed by atoms with Crippen molar-refractivity contribution in [3.63, 3.8) is 0 Å². The van der Waals surface area contributed by atoms with E-state index in [-0.39, 0.29) is 6.54 Å². The zero-order chi connectivity index (χ0) is 28.9. The highest BCUT2D eigenvalue weighted by Gasteiger charge is 2.20. The summed E-state index contributed by atoms with van der Waals surface area (Å²) in [5, 5.41) is 7.78. The number of rotatable bonds is 10. The van der Waals surface area contributed by atoms with Crippen molar-refractivity contribution in [1.29, 1.82) is 0 Å². The molecule has 0 unspecified atom stereocenters. The molecule has 0 aliphatic carbocycles. The van der Waals surface area contributed by atoms with Crippen LogP contribution in [0.15, 0.2) is 61.1 Å². The average Bonchev–Trinajstić information content (AvgIpc) is 3.42. The third kappa shape index (κ3) is 6.13. The highest BCUT2D eigenvalue weighted by molar-refractivity contribution is 6.39. The molecule has 1 saturated heterocycles. The van der Waals surface area contributed by atoms with Crippen LogP contribution in [-0.4, -0.2) is 46.7 Å². The SMILES string of the molecule is C=C1CC[C@@H](CNCc2ncc(-c3cccc(-c4cccc(-c5cnc(CN)c(OC)n5)c4Cl)c3Cl)nc2OC)N1. The third-order valence-corrected chi connectivity index (χ3v) is 7.74. The van der Waals surface area contributed by atoms with Gasteiger partial charge < -0.3 is 25.8 Å². The van der Waals surface area contributed by atoms with Crippen molar-refractivity contribution in [2.24, 2.45) is 5.73 Å². The number of halogens is 2. The van der Waals surface area contributed by atoms with Crippen molar-refractivity contribution >= 4 is 23.2 Å². The van der Waals surface area contributed by atoms with Gasteiger partial charge in [0.05, 0.1) is 48.0 Å². The van der Waals surface area contributed by atoms with E-state index in [4.69, 9.17) is 43.4 Å². The van der Waals surface area contributed by atoms with Crippen LogP contribution in [0.1, 0.15) is 24.2 Å². The molecule has 2 aromatic carbocycles. The number of benzene rings is 2. The maximum atomic E-state index is 6.98. The van der Waals surface area contributed by atoms with Gasteiger partial charge >= 0.3 is 0 Å². The minimum atomic E-state index is 0.215. The Kier molecular flexibility index (Phi) is 8.99. The zero-order valence-electron chi connectivity index (χ0n) is 22.9. The van der Waals surface area contributed by atoms with E-state index in [1.54, 1.807) is 19.5 Å². The molecule has 0 amide bonds. The second-order valence-electron chi connectivity index (χ2n) is 9.58. The minimum Gasteiger partial charge on any atom is -0.480 e. The maximum Gasteiger partial charge on any atom is 0.237 e. The number of ether oxygens (including phenoxy) is 2. The van der Waals surface area contributed by atoms with E-state index < -0.39 is 0 Å². The molecule has 11 heteroatoms. The van der Waals surface area contributed by atoms with E-state index in [1.807, 2.05) is 36.4 Å². The molecule has 1 aliphatic heterocycles. The predicted molar refractivity (Wildman–Crippen MR) is 162 cm³/mol. The Morgan fingerprint density at radius 2 is 1.44 bits per heavy atom. The molecule has 0 bridgehead atoms. The summed E-state index contributed by atoms with van der Waals surface area (Å²) >= 11 is 13.9. The summed E-state index contributed by atoms with van der Waals surface area (Å²) in [5.41, 5.74) is 12.1. The molecule has 5 rings (SSSR count). The van der Waals surface area contributed by atoms with Crippen molar-refractivity contribution in [3.8, 4) is 45.4 Å². The van der Waals surface area contributed by atoms with Crippen molar-refractivity contribution in [2.45, 2.75) is 32.0 Å². The first-order valence-electron chi connectivity index (χ1n) is 13.2. The van der Waals surface area contributed by atoms with Crippen molar-refractivity contribution in [3.05, 3.63) is 82.5 Å². The van der Waals surface area contributed by atoms with Crippen LogP contribution in [0.3, 0.4) is 0 Å². The van der Waals surface area contributed by atoms with Crippen LogP contribution in [0.2, 0.25) is 10.0 Å². The standard InChI is InChI=1S/C30H31Cl2N7O2/c1-17-10-11-18(37-17)13-34-14-26-30(41-3)39-25(16-36-26)22-9-5-7-20(28(22)32)19-6-4-8-21(27(19)31)24-15-35-23(12-33)29(38-24)40-2/h4-9,15-16,18,34,37H,1,10-14,33H2,2-3H3/t18-/m0/s1. The Hall–Kier alpha value is -3.76. The van der Waals surface area contributed by atoms with Crippen LogP contribution >= 0.6 is 23.2 Å². The summed E-state index contributed by atoms with van der Waals surface area (Å²) in [7, 11) is 3.11. The molecule has 1 aliphatic rings. The number of hydrogen-bond acceptors (Lipinski definition) is 9. The Balaban J connectivity index is 1.43. The molecule has 1 atom stereocenters. The van der Waals surface area contributed by atoms with Gasteiger partial charge in [-0.1, -0.05) is 66.2 Å². The van der Waals surface area contributed by atoms with Crippen LogP contribution in [0, 0.1) is 0 Å². The number of methoxy groups -OCH3 is 2. The molecule has 3 heterocycles. The van der Waals surface area contributed by atoms with Gasteiger partial charge in [-0.25, -0.2) is 9.97 Å². The fourth-order valence-corrected chi connectivity index (χ4v) is 5.47. The van der Waals surface area contributed by atoms with E-state index in [2.05, 4.69) is 32.2 Å². The third-order valence-electron chi connectivity index (χ3n) is 6.93. The monoisotopic (exact) mass is 591 g/mol. The second kappa shape index (κ2) is 12.8. The molecule has 1 fully saturated rings. The smallest absolute Gasteiger partial charge is 0.237 e. The quantitative estimate of drug-likeness (QED) is 0.222. The first-order valence-corrected chi connectivity index (χ1v) is 13.9. The molecule has 212 valence electrons. The van der Waals surface area contributed by atoms with E-state index in [9.17, 15) is 0 Å². The van der Waals surface area contributed by atoms with Crippen molar-refractivity contribution in [2.75, 3.05) is 20.8 Å². The lowest BCUT2D eigenvalue weighted by Gasteiger charge is -2.15. The fourth-order valence-electron chi connectivity index (χ4n) is 4.82. The summed E-state index contributed by atoms with van der Waals surface area (Å²) in [6.07, 6.45) is 5.41. The molecular weight excluding hydrogens is 561 g/mol. The number of nitrogens with zero attached hydrogens (tertiary/aromatic N) is 4. The van der Waals surface area contributed by atoms with Crippen molar-refractivity contribution in [1.82, 2.24) is 30.6 Å². The first kappa shape index (κ1) is 28.8. The molecule has 4 N–H and O–H groups in total. The van der Waals surface area contributed by atoms with Crippen LogP contribution in [0.25, 0.3) is 33.6 Å². The van der Waals surface area contributed by atoms with Gasteiger partial charge in [-0.2, -0.15) is 0 Å². The van der Waals surface area contributed by atoms with Crippen LogP contribution in [0.4, 0.5) is 0 Å². The summed E-state index contributed by atoms with van der Waals surface area (Å²) < 4.78 is 10.9. The van der Waals surface area contributed by atoms with Gasteiger partial charge in [0.2, 0.25) is 11.8 Å². The molecule has 41 heavy (non-hydrogen) atoms. The molecular formula is C30H31Cl2N7O2. The lowest BCUT2D eigenvalue weighted by molar-refractivity contribution is 0.386. The highest BCUT2D eigenvalue weighted by Crippen LogP contribution is 2.42. The van der Waals surface area contributed by atoms with E-state index >= 15 is 0 Å². The fraction of sp³-hybridized carbons (Fsp3) is 0.267. The normalized spacial score (nSPS) is 14.7. The number of nitrogens with two attached hydrogens (primary N) is 1. The molecule has 0 saturated carbocycles. The predicted octanol–water partition coefficient (Wildman–Crippen LogP) is 5.41. The lowest BCUT2D eigenvalue weighted by Crippen LogP contribution is -2.33. The summed E-state index contributed by atoms with van der Waals surface area (Å²) in [6, 6.07) is 11.8. The minimum absolute atomic E-state index is 0.215. The van der Waals surface area contributed by atoms with Gasteiger partial charge in [-0.05, 0) is 12.8 Å². The number of hydrogen-bond donors (Lipinski definition) is 3. The highest BCUT2D eigenvalue weighted by atomic mass is 35.5. The van der Waals surface area contributed by atoms with Gasteiger partial charge in [0, 0.05) is 53.6 Å². The summed E-state index contributed by atoms with van der Waals surface area (Å²) in [6.45, 7) is 5.53. The van der Waals surface area contributed by atoms with Gasteiger partial charge in [0.1, 0.15) is 11.4 Å². The van der Waals surface area contributed by atoms with Gasteiger partial charge in [-0.3, -0.25) is 9.97 Å². The molecule has 2 aromatic heterocycles. The molecule has 4 aromatic rings. The van der Waals surface area contributed by atoms with Gasteiger partial charge in [0.15, 0.2) is 0 Å². The average molecular weight is 593 g/mol. The van der Waals surface area contributed by atoms with Crippen LogP contribution in [0.5, 0.6) is 11.8 Å². The molecule has 0 spiro atoms. The number of nitrogens with one attached hydrogen (secondary N) is 2. The lowest BCUT2D eigenvalue weighted by atomic mass is 9.98. The second-order valence-corrected chi connectivity index (χ2v) is 10.3. The summed E-state index contributed by atoms with van der Waals surface area (Å²) in [5.74, 6) is 0.799. The Morgan fingerprint density at radius 3 is 1.95 bits per heavy atom. The molecule has 9 nitrogen and oxygen atoms in total. The van der Waals surface area contributed by atoms with Crippen LogP contribution in [-0.2, 0) is 13.1 Å². The topological polar surface area (TPSA) is 120 Å².